The molecule has 0 saturated carbocycles. The fourth-order valence-electron chi connectivity index (χ4n) is 0.979. The number of halogens is 5. The topological polar surface area (TPSA) is 29.1 Å². The molecule has 0 unspecified atom stereocenters. The van der Waals surface area contributed by atoms with Crippen LogP contribution >= 0.6 is 0 Å². The van der Waals surface area contributed by atoms with Crippen LogP contribution in [-0.2, 0) is 0 Å². The van der Waals surface area contributed by atoms with E-state index in [0.29, 0.717) is 0 Å². The normalized spacial score (nSPS) is 11.6. The summed E-state index contributed by atoms with van der Waals surface area (Å²) in [5.41, 5.74) is -0.0866. The zero-order chi connectivity index (χ0) is 13.1. The molecule has 1 aromatic rings. The van der Waals surface area contributed by atoms with Crippen LogP contribution in [0.1, 0.15) is 10.4 Å². The van der Waals surface area contributed by atoms with E-state index >= 15 is 0 Å². The molecule has 17 heavy (non-hydrogen) atoms. The second-order valence-electron chi connectivity index (χ2n) is 3.25. The van der Waals surface area contributed by atoms with Crippen molar-refractivity contribution in [2.75, 3.05) is 6.54 Å². The monoisotopic (exact) mass is 253 g/mol. The van der Waals surface area contributed by atoms with Gasteiger partial charge in [-0.1, -0.05) is 0 Å². The number of hydrogen-bond donors (Lipinski definition) is 1. The Morgan fingerprint density at radius 3 is 2.24 bits per heavy atom. The van der Waals surface area contributed by atoms with Crippen molar-refractivity contribution in [2.24, 2.45) is 0 Å². The Kier molecular flexibility index (Phi) is 4.03. The lowest BCUT2D eigenvalue weighted by Gasteiger charge is -2.15. The Labute approximate surface area is 93.4 Å². The second-order valence-corrected chi connectivity index (χ2v) is 3.25. The van der Waals surface area contributed by atoms with Gasteiger partial charge in [0.15, 0.2) is 0 Å². The van der Waals surface area contributed by atoms with Gasteiger partial charge in [0.1, 0.15) is 5.82 Å². The largest absolute Gasteiger partial charge is 0.346 e. The van der Waals surface area contributed by atoms with Gasteiger partial charge < -0.3 is 5.32 Å². The molecule has 0 aliphatic rings. The minimum absolute atomic E-state index is 0.0866. The molecule has 1 amide bonds. The van der Waals surface area contributed by atoms with E-state index in [1.54, 1.807) is 5.32 Å². The van der Waals surface area contributed by atoms with E-state index in [1.165, 1.54) is 0 Å². The number of carbonyl (C=O) groups excluding carboxylic acids is 1. The third-order valence-electron chi connectivity index (χ3n) is 1.91. The van der Waals surface area contributed by atoms with Gasteiger partial charge in [-0.05, 0) is 24.3 Å². The molecule has 1 rings (SSSR count). The summed E-state index contributed by atoms with van der Waals surface area (Å²) in [6, 6.07) is 4.04. The molecule has 1 aromatic carbocycles. The van der Waals surface area contributed by atoms with E-state index in [-0.39, 0.29) is 5.56 Å². The minimum Gasteiger partial charge on any atom is -0.346 e. The van der Waals surface area contributed by atoms with Crippen molar-refractivity contribution < 1.29 is 26.7 Å². The fraction of sp³-hybridized carbons (Fsp3) is 0.300. The van der Waals surface area contributed by atoms with Gasteiger partial charge in [-0.25, -0.2) is 13.2 Å². The molecular formula is C10H8F5NO. The SMILES string of the molecule is O=C(NCC(F)(F)C(F)F)c1ccc(F)cc1. The summed E-state index contributed by atoms with van der Waals surface area (Å²) in [6.07, 6.45) is -3.85. The van der Waals surface area contributed by atoms with Crippen LogP contribution in [0.5, 0.6) is 0 Å². The molecule has 0 bridgehead atoms. The molecule has 94 valence electrons. The average molecular weight is 253 g/mol. The lowest BCUT2D eigenvalue weighted by atomic mass is 10.2. The van der Waals surface area contributed by atoms with Crippen molar-refractivity contribution >= 4 is 5.91 Å². The Morgan fingerprint density at radius 2 is 1.76 bits per heavy atom. The highest BCUT2D eigenvalue weighted by Crippen LogP contribution is 2.21. The molecule has 2 nitrogen and oxygen atoms in total. The molecule has 0 atom stereocenters. The van der Waals surface area contributed by atoms with E-state index in [4.69, 9.17) is 0 Å². The van der Waals surface area contributed by atoms with Crippen molar-refractivity contribution in [3.63, 3.8) is 0 Å². The first-order valence-electron chi connectivity index (χ1n) is 4.52. The summed E-state index contributed by atoms with van der Waals surface area (Å²) >= 11 is 0. The highest BCUT2D eigenvalue weighted by molar-refractivity contribution is 5.94. The molecule has 7 heteroatoms. The Balaban J connectivity index is 2.59. The summed E-state index contributed by atoms with van der Waals surface area (Å²) in [4.78, 5) is 11.2. The highest BCUT2D eigenvalue weighted by Gasteiger charge is 2.40. The third kappa shape index (κ3) is 3.69. The maximum Gasteiger partial charge on any atom is 0.324 e. The summed E-state index contributed by atoms with van der Waals surface area (Å²) in [5.74, 6) is -5.85. The zero-order valence-electron chi connectivity index (χ0n) is 8.39. The Bertz CT molecular complexity index is 390. The molecule has 0 aliphatic heterocycles. The van der Waals surface area contributed by atoms with Gasteiger partial charge in [-0.3, -0.25) is 4.79 Å². The molecule has 0 heterocycles. The highest BCUT2D eigenvalue weighted by atomic mass is 19.3. The molecule has 0 spiro atoms. The van der Waals surface area contributed by atoms with Crippen LogP contribution in [0.2, 0.25) is 0 Å². The van der Waals surface area contributed by atoms with Crippen molar-refractivity contribution in [3.05, 3.63) is 35.6 Å². The first-order valence-corrected chi connectivity index (χ1v) is 4.52. The zero-order valence-corrected chi connectivity index (χ0v) is 8.39. The second kappa shape index (κ2) is 5.11. The van der Waals surface area contributed by atoms with Gasteiger partial charge in [0.05, 0.1) is 6.54 Å². The van der Waals surface area contributed by atoms with Crippen molar-refractivity contribution in [2.45, 2.75) is 12.3 Å². The predicted octanol–water partition coefficient (Wildman–Crippen LogP) is 2.46. The average Bonchev–Trinajstić information content (AvgIpc) is 2.27. The van der Waals surface area contributed by atoms with Crippen LogP contribution in [0, 0.1) is 5.82 Å². The van der Waals surface area contributed by atoms with Gasteiger partial charge in [-0.15, -0.1) is 0 Å². The minimum atomic E-state index is -4.28. The van der Waals surface area contributed by atoms with Crippen LogP contribution in [0.25, 0.3) is 0 Å². The van der Waals surface area contributed by atoms with Gasteiger partial charge in [0, 0.05) is 5.56 Å². The fourth-order valence-corrected chi connectivity index (χ4v) is 0.979. The summed E-state index contributed by atoms with van der Waals surface area (Å²) < 4.78 is 60.9. The van der Waals surface area contributed by atoms with Crippen LogP contribution in [0.3, 0.4) is 0 Å². The van der Waals surface area contributed by atoms with Gasteiger partial charge in [-0.2, -0.15) is 8.78 Å². The standard InChI is InChI=1S/C10H8F5NO/c11-7-3-1-6(2-4-7)8(17)16-5-10(14,15)9(12)13/h1-4,9H,5H2,(H,16,17). The predicted molar refractivity (Wildman–Crippen MR) is 49.7 cm³/mol. The number of benzene rings is 1. The lowest BCUT2D eigenvalue weighted by Crippen LogP contribution is -2.41. The van der Waals surface area contributed by atoms with Crippen LogP contribution < -0.4 is 5.32 Å². The quantitative estimate of drug-likeness (QED) is 0.820. The number of carbonyl (C=O) groups is 1. The Morgan fingerprint density at radius 1 is 1.24 bits per heavy atom. The smallest absolute Gasteiger partial charge is 0.324 e. The third-order valence-corrected chi connectivity index (χ3v) is 1.91. The molecule has 0 aliphatic carbocycles. The molecule has 0 fully saturated rings. The van der Waals surface area contributed by atoms with Crippen LogP contribution in [0.4, 0.5) is 22.0 Å². The van der Waals surface area contributed by atoms with Crippen molar-refractivity contribution in [3.8, 4) is 0 Å². The van der Waals surface area contributed by atoms with E-state index in [9.17, 15) is 26.7 Å². The number of nitrogens with one attached hydrogen (secondary N) is 1. The molecular weight excluding hydrogens is 245 g/mol. The van der Waals surface area contributed by atoms with Gasteiger partial charge >= 0.3 is 12.3 Å². The van der Waals surface area contributed by atoms with Crippen molar-refractivity contribution in [1.29, 1.82) is 0 Å². The molecule has 1 N–H and O–H groups in total. The maximum atomic E-state index is 12.5. The number of hydrogen-bond acceptors (Lipinski definition) is 1. The first kappa shape index (κ1) is 13.4. The van der Waals surface area contributed by atoms with E-state index in [1.807, 2.05) is 0 Å². The molecule has 0 saturated heterocycles. The summed E-state index contributed by atoms with van der Waals surface area (Å²) in [6.45, 7) is -1.47. The number of amides is 1. The van der Waals surface area contributed by atoms with E-state index in [2.05, 4.69) is 0 Å². The lowest BCUT2D eigenvalue weighted by molar-refractivity contribution is -0.123. The Hall–Kier alpha value is -1.66. The van der Waals surface area contributed by atoms with Crippen molar-refractivity contribution in [1.82, 2.24) is 5.32 Å². The van der Waals surface area contributed by atoms with E-state index in [0.717, 1.165) is 24.3 Å². The summed E-state index contributed by atoms with van der Waals surface area (Å²) in [5, 5.41) is 1.65. The number of alkyl halides is 4. The summed E-state index contributed by atoms with van der Waals surface area (Å²) in [7, 11) is 0. The molecule has 0 radical (unpaired) electrons. The molecule has 0 aromatic heterocycles. The van der Waals surface area contributed by atoms with Gasteiger partial charge in [0.2, 0.25) is 0 Å². The van der Waals surface area contributed by atoms with Crippen LogP contribution in [-0.4, -0.2) is 24.8 Å². The van der Waals surface area contributed by atoms with Gasteiger partial charge in [0.25, 0.3) is 5.91 Å². The van der Waals surface area contributed by atoms with E-state index < -0.39 is 30.6 Å². The number of rotatable bonds is 4. The maximum absolute atomic E-state index is 12.5. The van der Waals surface area contributed by atoms with Crippen LogP contribution in [0.15, 0.2) is 24.3 Å². The first-order chi connectivity index (χ1) is 7.83.